The average Bonchev–Trinajstić information content (AvgIpc) is 3.47. The van der Waals surface area contributed by atoms with Crippen molar-refractivity contribution in [1.29, 1.82) is 0 Å². The van der Waals surface area contributed by atoms with Crippen LogP contribution in [-0.4, -0.2) is 52.2 Å². The molecule has 2 amide bonds. The van der Waals surface area contributed by atoms with Crippen molar-refractivity contribution < 1.29 is 9.59 Å². The molecule has 3 rings (SSSR count). The Balaban J connectivity index is 1.65. The van der Waals surface area contributed by atoms with E-state index in [9.17, 15) is 9.59 Å². The van der Waals surface area contributed by atoms with Gasteiger partial charge in [-0.2, -0.15) is 5.10 Å². The molecule has 164 valence electrons. The molecule has 0 aliphatic heterocycles. The maximum atomic E-state index is 13.0. The Morgan fingerprint density at radius 2 is 1.90 bits per heavy atom. The van der Waals surface area contributed by atoms with Crippen molar-refractivity contribution in [2.75, 3.05) is 25.0 Å². The minimum absolute atomic E-state index is 0.249. The monoisotopic (exact) mass is 439 g/mol. The fourth-order valence-electron chi connectivity index (χ4n) is 3.26. The summed E-state index contributed by atoms with van der Waals surface area (Å²) >= 11 is 1.35. The standard InChI is InChI=1S/C23H29N5O2S/c1-3-27(4-2)12-13-28-17-19(16-24-28)25-22(29)20(15-18-9-6-5-7-10-18)26-23(30)21-11-8-14-31-21/h5-11,14,16-17,20H,3-4,12-13,15H2,1-2H3,(H,25,29)(H,26,30). The van der Waals surface area contributed by atoms with E-state index < -0.39 is 6.04 Å². The van der Waals surface area contributed by atoms with Crippen LogP contribution in [0.3, 0.4) is 0 Å². The Hall–Kier alpha value is -2.97. The van der Waals surface area contributed by atoms with Crippen molar-refractivity contribution in [2.45, 2.75) is 32.9 Å². The third-order valence-electron chi connectivity index (χ3n) is 5.09. The lowest BCUT2D eigenvalue weighted by Gasteiger charge is -2.18. The molecule has 3 aromatic rings. The zero-order valence-corrected chi connectivity index (χ0v) is 18.8. The topological polar surface area (TPSA) is 79.3 Å². The first kappa shape index (κ1) is 22.7. The molecule has 7 nitrogen and oxygen atoms in total. The number of likely N-dealkylation sites (N-methyl/N-ethyl adjacent to an activating group) is 1. The number of amides is 2. The summed E-state index contributed by atoms with van der Waals surface area (Å²) in [4.78, 5) is 28.5. The molecule has 2 heterocycles. The Bertz CT molecular complexity index is 952. The molecule has 0 aliphatic carbocycles. The molecule has 0 aliphatic rings. The summed E-state index contributed by atoms with van der Waals surface area (Å²) in [5.74, 6) is -0.516. The number of nitrogens with zero attached hydrogens (tertiary/aromatic N) is 3. The number of nitrogens with one attached hydrogen (secondary N) is 2. The lowest BCUT2D eigenvalue weighted by atomic mass is 10.1. The molecule has 0 bridgehead atoms. The van der Waals surface area contributed by atoms with Gasteiger partial charge in [0.05, 0.1) is 23.3 Å². The molecule has 8 heteroatoms. The SMILES string of the molecule is CCN(CC)CCn1cc(NC(=O)C(Cc2ccccc2)NC(=O)c2cccs2)cn1. The number of carbonyl (C=O) groups is 2. The minimum Gasteiger partial charge on any atom is -0.339 e. The van der Waals surface area contributed by atoms with Gasteiger partial charge < -0.3 is 15.5 Å². The number of benzene rings is 1. The first-order chi connectivity index (χ1) is 15.1. The third kappa shape index (κ3) is 6.77. The Morgan fingerprint density at radius 1 is 1.13 bits per heavy atom. The van der Waals surface area contributed by atoms with Crippen LogP contribution in [0, 0.1) is 0 Å². The van der Waals surface area contributed by atoms with Crippen molar-refractivity contribution in [1.82, 2.24) is 20.0 Å². The zero-order chi connectivity index (χ0) is 22.1. The van der Waals surface area contributed by atoms with Crippen LogP contribution in [0.15, 0.2) is 60.2 Å². The van der Waals surface area contributed by atoms with E-state index in [2.05, 4.69) is 34.5 Å². The van der Waals surface area contributed by atoms with Crippen LogP contribution < -0.4 is 10.6 Å². The largest absolute Gasteiger partial charge is 0.339 e. The van der Waals surface area contributed by atoms with Gasteiger partial charge in [-0.1, -0.05) is 50.2 Å². The van der Waals surface area contributed by atoms with E-state index in [0.717, 1.165) is 31.7 Å². The van der Waals surface area contributed by atoms with E-state index in [-0.39, 0.29) is 11.8 Å². The van der Waals surface area contributed by atoms with Gasteiger partial charge >= 0.3 is 0 Å². The number of thiophene rings is 1. The van der Waals surface area contributed by atoms with Crippen molar-refractivity contribution >= 4 is 28.8 Å². The predicted molar refractivity (Wildman–Crippen MR) is 124 cm³/mol. The van der Waals surface area contributed by atoms with Crippen LogP contribution in [0.2, 0.25) is 0 Å². The van der Waals surface area contributed by atoms with Gasteiger partial charge in [0.2, 0.25) is 5.91 Å². The molecule has 2 aromatic heterocycles. The van der Waals surface area contributed by atoms with Gasteiger partial charge in [0, 0.05) is 19.2 Å². The molecule has 1 atom stereocenters. The Morgan fingerprint density at radius 3 is 2.58 bits per heavy atom. The van der Waals surface area contributed by atoms with Gasteiger partial charge in [0.25, 0.3) is 5.91 Å². The summed E-state index contributed by atoms with van der Waals surface area (Å²) in [7, 11) is 0. The van der Waals surface area contributed by atoms with Gasteiger partial charge in [-0.05, 0) is 30.1 Å². The summed E-state index contributed by atoms with van der Waals surface area (Å²) in [6.45, 7) is 7.90. The smallest absolute Gasteiger partial charge is 0.262 e. The number of hydrogen-bond acceptors (Lipinski definition) is 5. The molecule has 31 heavy (non-hydrogen) atoms. The first-order valence-electron chi connectivity index (χ1n) is 10.5. The highest BCUT2D eigenvalue weighted by Gasteiger charge is 2.23. The molecule has 0 saturated carbocycles. The van der Waals surface area contributed by atoms with Crippen LogP contribution in [0.4, 0.5) is 5.69 Å². The molecule has 0 saturated heterocycles. The van der Waals surface area contributed by atoms with Gasteiger partial charge in [0.15, 0.2) is 0 Å². The molecule has 0 radical (unpaired) electrons. The van der Waals surface area contributed by atoms with E-state index in [1.165, 1.54) is 11.3 Å². The number of carbonyl (C=O) groups excluding carboxylic acids is 2. The highest BCUT2D eigenvalue weighted by atomic mass is 32.1. The molecular formula is C23H29N5O2S. The summed E-state index contributed by atoms with van der Waals surface area (Å²) in [6.07, 6.45) is 3.86. The maximum absolute atomic E-state index is 13.0. The fraction of sp³-hybridized carbons (Fsp3) is 0.348. The zero-order valence-electron chi connectivity index (χ0n) is 18.0. The summed E-state index contributed by atoms with van der Waals surface area (Å²) in [5, 5.41) is 12.0. The van der Waals surface area contributed by atoms with E-state index in [4.69, 9.17) is 0 Å². The minimum atomic E-state index is -0.698. The molecular weight excluding hydrogens is 410 g/mol. The normalized spacial score (nSPS) is 12.0. The van der Waals surface area contributed by atoms with Crippen LogP contribution in [0.1, 0.15) is 29.1 Å². The molecule has 0 fully saturated rings. The number of anilines is 1. The van der Waals surface area contributed by atoms with Crippen LogP contribution in [-0.2, 0) is 17.8 Å². The Kier molecular flexibility index (Phi) is 8.37. The second-order valence-electron chi connectivity index (χ2n) is 7.20. The van der Waals surface area contributed by atoms with Crippen molar-refractivity contribution in [3.63, 3.8) is 0 Å². The van der Waals surface area contributed by atoms with Crippen LogP contribution in [0.5, 0.6) is 0 Å². The Labute approximate surface area is 187 Å². The molecule has 1 unspecified atom stereocenters. The highest BCUT2D eigenvalue weighted by Crippen LogP contribution is 2.12. The van der Waals surface area contributed by atoms with Crippen molar-refractivity contribution in [3.8, 4) is 0 Å². The lowest BCUT2D eigenvalue weighted by molar-refractivity contribution is -0.118. The molecule has 0 spiro atoms. The third-order valence-corrected chi connectivity index (χ3v) is 5.96. The number of aromatic nitrogens is 2. The first-order valence-corrected chi connectivity index (χ1v) is 11.4. The average molecular weight is 440 g/mol. The maximum Gasteiger partial charge on any atom is 0.262 e. The van der Waals surface area contributed by atoms with Gasteiger partial charge in [0.1, 0.15) is 6.04 Å². The molecule has 2 N–H and O–H groups in total. The second-order valence-corrected chi connectivity index (χ2v) is 8.15. The van der Waals surface area contributed by atoms with Gasteiger partial charge in [-0.15, -0.1) is 11.3 Å². The second kappa shape index (κ2) is 11.4. The lowest BCUT2D eigenvalue weighted by Crippen LogP contribution is -2.45. The quantitative estimate of drug-likeness (QED) is 0.481. The number of hydrogen-bond donors (Lipinski definition) is 2. The highest BCUT2D eigenvalue weighted by molar-refractivity contribution is 7.12. The van der Waals surface area contributed by atoms with Gasteiger partial charge in [-0.25, -0.2) is 0 Å². The van der Waals surface area contributed by atoms with Gasteiger partial charge in [-0.3, -0.25) is 14.3 Å². The van der Waals surface area contributed by atoms with Crippen LogP contribution in [0.25, 0.3) is 0 Å². The number of rotatable bonds is 11. The summed E-state index contributed by atoms with van der Waals surface area (Å²) < 4.78 is 1.82. The predicted octanol–water partition coefficient (Wildman–Crippen LogP) is 3.27. The van der Waals surface area contributed by atoms with E-state index >= 15 is 0 Å². The molecule has 1 aromatic carbocycles. The van der Waals surface area contributed by atoms with Crippen LogP contribution >= 0.6 is 11.3 Å². The van der Waals surface area contributed by atoms with Crippen molar-refractivity contribution in [2.24, 2.45) is 0 Å². The van der Waals surface area contributed by atoms with E-state index in [1.54, 1.807) is 12.3 Å². The summed E-state index contributed by atoms with van der Waals surface area (Å²) in [6, 6.07) is 12.5. The fourth-order valence-corrected chi connectivity index (χ4v) is 3.89. The van der Waals surface area contributed by atoms with Crippen molar-refractivity contribution in [3.05, 3.63) is 70.7 Å². The van der Waals surface area contributed by atoms with E-state index in [0.29, 0.717) is 17.0 Å². The van der Waals surface area contributed by atoms with E-state index in [1.807, 2.05) is 52.7 Å². The summed E-state index contributed by atoms with van der Waals surface area (Å²) in [5.41, 5.74) is 1.59.